The molecule has 0 aromatic heterocycles. The molecule has 0 fully saturated rings. The average molecular weight is 947 g/mol. The molecule has 2 nitrogen and oxygen atoms in total. The van der Waals surface area contributed by atoms with Crippen LogP contribution in [0.3, 0.4) is 0 Å². The largest absolute Gasteiger partial charge is 0.310 e. The van der Waals surface area contributed by atoms with Gasteiger partial charge in [-0.3, -0.25) is 0 Å². The number of hydrogen-bond donors (Lipinski definition) is 0. The molecule has 0 atom stereocenters. The summed E-state index contributed by atoms with van der Waals surface area (Å²) in [5, 5.41) is 4.86. The third-order valence-electron chi connectivity index (χ3n) is 14.9. The molecule has 0 saturated heterocycles. The monoisotopic (exact) mass is 946 g/mol. The van der Waals surface area contributed by atoms with Crippen molar-refractivity contribution in [2.45, 2.75) is 27.7 Å². The van der Waals surface area contributed by atoms with E-state index < -0.39 is 0 Å². The number of benzene rings is 12. The van der Waals surface area contributed by atoms with Gasteiger partial charge in [0.25, 0.3) is 0 Å². The molecule has 0 aliphatic heterocycles. The second-order valence-electron chi connectivity index (χ2n) is 20.0. The quantitative estimate of drug-likeness (QED) is 0.135. The maximum absolute atomic E-state index is 2.46. The van der Waals surface area contributed by atoms with Gasteiger partial charge in [-0.2, -0.15) is 0 Å². The van der Waals surface area contributed by atoms with Crippen molar-refractivity contribution < 1.29 is 0 Å². The Labute approximate surface area is 434 Å². The van der Waals surface area contributed by atoms with Crippen LogP contribution in [-0.4, -0.2) is 0 Å². The maximum Gasteiger partial charge on any atom is 0.0468 e. The van der Waals surface area contributed by atoms with Crippen LogP contribution in [0.4, 0.5) is 34.1 Å². The van der Waals surface area contributed by atoms with E-state index in [1.807, 2.05) is 0 Å². The lowest BCUT2D eigenvalue weighted by Crippen LogP contribution is -2.12. The van der Waals surface area contributed by atoms with Crippen molar-refractivity contribution in [3.05, 3.63) is 277 Å². The molecule has 12 aromatic rings. The number of aryl methyl sites for hydroxylation is 4. The van der Waals surface area contributed by atoms with E-state index in [-0.39, 0.29) is 0 Å². The molecule has 0 unspecified atom stereocenters. The molecule has 1 aliphatic rings. The third-order valence-corrected chi connectivity index (χ3v) is 14.9. The van der Waals surface area contributed by atoms with E-state index in [0.29, 0.717) is 0 Å². The van der Waals surface area contributed by atoms with Gasteiger partial charge in [0.1, 0.15) is 0 Å². The molecule has 12 aromatic carbocycles. The summed E-state index contributed by atoms with van der Waals surface area (Å²) in [7, 11) is 0. The van der Waals surface area contributed by atoms with Crippen molar-refractivity contribution >= 4 is 55.7 Å². The minimum Gasteiger partial charge on any atom is -0.310 e. The van der Waals surface area contributed by atoms with E-state index >= 15 is 0 Å². The highest BCUT2D eigenvalue weighted by molar-refractivity contribution is 6.33. The first kappa shape index (κ1) is 44.7. The minimum absolute atomic E-state index is 1.11. The molecule has 2 heteroatoms. The smallest absolute Gasteiger partial charge is 0.0468 e. The lowest BCUT2D eigenvalue weighted by atomic mass is 9.65. The van der Waals surface area contributed by atoms with Crippen LogP contribution < -0.4 is 9.80 Å². The highest BCUT2D eigenvalue weighted by Gasteiger charge is 2.39. The predicted octanol–water partition coefficient (Wildman–Crippen LogP) is 20.5. The first-order chi connectivity index (χ1) is 36.4. The first-order valence-electron chi connectivity index (χ1n) is 25.7. The van der Waals surface area contributed by atoms with Crippen molar-refractivity contribution in [1.82, 2.24) is 0 Å². The van der Waals surface area contributed by atoms with Crippen molar-refractivity contribution in [2.24, 2.45) is 0 Å². The molecular weight excluding hydrogens is 893 g/mol. The highest BCUT2D eigenvalue weighted by atomic mass is 15.1. The number of fused-ring (bicyclic) bond motifs is 6. The molecule has 0 spiro atoms. The topological polar surface area (TPSA) is 6.48 Å². The van der Waals surface area contributed by atoms with Gasteiger partial charge in [0, 0.05) is 34.1 Å². The van der Waals surface area contributed by atoms with Gasteiger partial charge in [0.15, 0.2) is 0 Å². The molecule has 0 radical (unpaired) electrons. The molecule has 0 saturated carbocycles. The van der Waals surface area contributed by atoms with Gasteiger partial charge in [0.2, 0.25) is 0 Å². The Morgan fingerprint density at radius 1 is 0.189 bits per heavy atom. The summed E-state index contributed by atoms with van der Waals surface area (Å²) in [6.07, 6.45) is 0. The molecular formula is C72H54N2. The van der Waals surface area contributed by atoms with Crippen molar-refractivity contribution in [3.8, 4) is 66.8 Å². The number of anilines is 6. The lowest BCUT2D eigenvalue weighted by molar-refractivity contribution is 1.26. The fraction of sp³-hybridized carbons (Fsp3) is 0.0556. The zero-order valence-electron chi connectivity index (χ0n) is 42.1. The Morgan fingerprint density at radius 3 is 0.689 bits per heavy atom. The second-order valence-corrected chi connectivity index (χ2v) is 20.0. The van der Waals surface area contributed by atoms with E-state index in [1.54, 1.807) is 0 Å². The summed E-state index contributed by atoms with van der Waals surface area (Å²) in [5.41, 5.74) is 26.5. The fourth-order valence-corrected chi connectivity index (χ4v) is 11.7. The molecule has 0 N–H and O–H groups in total. The summed E-state index contributed by atoms with van der Waals surface area (Å²) in [5.74, 6) is 0. The van der Waals surface area contributed by atoms with E-state index in [1.165, 1.54) is 111 Å². The van der Waals surface area contributed by atoms with E-state index in [9.17, 15) is 0 Å². The maximum atomic E-state index is 2.46. The van der Waals surface area contributed by atoms with Crippen molar-refractivity contribution in [1.29, 1.82) is 0 Å². The van der Waals surface area contributed by atoms with Crippen LogP contribution in [-0.2, 0) is 0 Å². The molecule has 0 amide bonds. The zero-order chi connectivity index (χ0) is 49.9. The Hall–Kier alpha value is -9.24. The number of nitrogens with zero attached hydrogens (tertiary/aromatic N) is 2. The van der Waals surface area contributed by atoms with Crippen LogP contribution in [0.1, 0.15) is 22.3 Å². The number of hydrogen-bond acceptors (Lipinski definition) is 2. The highest BCUT2D eigenvalue weighted by Crippen LogP contribution is 2.66. The Kier molecular flexibility index (Phi) is 11.1. The zero-order valence-corrected chi connectivity index (χ0v) is 42.1. The van der Waals surface area contributed by atoms with Crippen LogP contribution in [0, 0.1) is 27.7 Å². The summed E-state index contributed by atoms with van der Waals surface area (Å²) in [6, 6.07) is 94.4. The normalized spacial score (nSPS) is 11.5. The molecule has 13 rings (SSSR count). The van der Waals surface area contributed by atoms with Gasteiger partial charge in [0.05, 0.1) is 0 Å². The molecule has 0 heterocycles. The van der Waals surface area contributed by atoms with Crippen LogP contribution in [0.5, 0.6) is 0 Å². The summed E-state index contributed by atoms with van der Waals surface area (Å²) in [4.78, 5) is 4.85. The first-order valence-corrected chi connectivity index (χ1v) is 25.7. The van der Waals surface area contributed by atoms with Gasteiger partial charge in [-0.15, -0.1) is 0 Å². The standard InChI is InChI=1S/C72H54N2/c1-47-21-17-33-55(41-47)73(56-34-18-22-48(2)42-56)59-37-39-61-63(45-59)67(53-29-13-7-14-30-53)71-69(65(61)51-25-9-5-10-26-51)72-68(54-31-15-8-16-32-54)64-46-60(38-40-62(64)66(70(71)72)52-27-11-6-12-28-52)74(57-35-19-23-49(3)43-57)58-36-20-24-50(4)44-58/h5-46H,1-4H3. The predicted molar refractivity (Wildman–Crippen MR) is 316 cm³/mol. The minimum atomic E-state index is 1.11. The summed E-state index contributed by atoms with van der Waals surface area (Å²) < 4.78 is 0. The molecule has 0 bridgehead atoms. The van der Waals surface area contributed by atoms with Gasteiger partial charge < -0.3 is 9.80 Å². The van der Waals surface area contributed by atoms with Crippen LogP contribution in [0.2, 0.25) is 0 Å². The second kappa shape index (κ2) is 18.4. The van der Waals surface area contributed by atoms with Gasteiger partial charge in [-0.25, -0.2) is 0 Å². The van der Waals surface area contributed by atoms with Crippen LogP contribution in [0.15, 0.2) is 255 Å². The summed E-state index contributed by atoms with van der Waals surface area (Å²) in [6.45, 7) is 8.71. The van der Waals surface area contributed by atoms with Gasteiger partial charge in [-0.05, 0) is 211 Å². The summed E-state index contributed by atoms with van der Waals surface area (Å²) >= 11 is 0. The SMILES string of the molecule is Cc1cccc(N(c2cccc(C)c2)c2ccc3c(-c4ccccc4)c4c(c(-c5ccccc5)c3c2)-c2c-4c(-c3ccccc3)c3cc(N(c4cccc(C)c4)c4cccc(C)c4)ccc3c2-c2ccccc2)c1. The third kappa shape index (κ3) is 7.66. The molecule has 1 aliphatic carbocycles. The van der Waals surface area contributed by atoms with Crippen LogP contribution >= 0.6 is 0 Å². The van der Waals surface area contributed by atoms with Gasteiger partial charge in [-0.1, -0.05) is 182 Å². The Balaban J connectivity index is 1.19. The van der Waals surface area contributed by atoms with Crippen molar-refractivity contribution in [3.63, 3.8) is 0 Å². The Bertz CT molecular complexity index is 3730. The molecule has 352 valence electrons. The van der Waals surface area contributed by atoms with Gasteiger partial charge >= 0.3 is 0 Å². The lowest BCUT2D eigenvalue weighted by Gasteiger charge is -2.38. The average Bonchev–Trinajstić information content (AvgIpc) is 3.47. The van der Waals surface area contributed by atoms with Crippen molar-refractivity contribution in [2.75, 3.05) is 9.80 Å². The van der Waals surface area contributed by atoms with E-state index in [2.05, 4.69) is 292 Å². The van der Waals surface area contributed by atoms with E-state index in [4.69, 9.17) is 0 Å². The van der Waals surface area contributed by atoms with E-state index in [0.717, 1.165) is 34.1 Å². The Morgan fingerprint density at radius 2 is 0.432 bits per heavy atom. The fourth-order valence-electron chi connectivity index (χ4n) is 11.7. The molecule has 74 heavy (non-hydrogen) atoms. The van der Waals surface area contributed by atoms with Crippen LogP contribution in [0.25, 0.3) is 88.3 Å². The number of rotatable bonds is 10.